The van der Waals surface area contributed by atoms with Crippen molar-refractivity contribution in [1.29, 1.82) is 0 Å². The number of halogens is 7. The second-order valence-corrected chi connectivity index (χ2v) is 10.1. The number of carbonyl (C=O) groups excluding carboxylic acids is 2. The van der Waals surface area contributed by atoms with Gasteiger partial charge in [0.05, 0.1) is 22.1 Å². The number of nitrogens with one attached hydrogen (secondary N) is 1. The van der Waals surface area contributed by atoms with E-state index in [0.29, 0.717) is 5.69 Å². The SMILES string of the molecule is CN(C(=O)c1cc(NC(=O)C2C(c3cccc(C(F)(F)F)c3)C2(Cl)Cl)ccc1Cl)c1ccc(F)cc1. The van der Waals surface area contributed by atoms with Crippen molar-refractivity contribution in [3.05, 3.63) is 94.3 Å². The van der Waals surface area contributed by atoms with E-state index in [2.05, 4.69) is 5.32 Å². The van der Waals surface area contributed by atoms with Crippen LogP contribution in [0.1, 0.15) is 27.4 Å². The van der Waals surface area contributed by atoms with E-state index >= 15 is 0 Å². The molecular formula is C25H17Cl3F4N2O2. The monoisotopic (exact) mass is 558 g/mol. The van der Waals surface area contributed by atoms with Crippen LogP contribution < -0.4 is 10.2 Å². The number of benzene rings is 3. The van der Waals surface area contributed by atoms with Crippen LogP contribution in [0.5, 0.6) is 0 Å². The van der Waals surface area contributed by atoms with E-state index in [1.807, 2.05) is 0 Å². The first-order valence-corrected chi connectivity index (χ1v) is 11.6. The maximum absolute atomic E-state index is 13.2. The summed E-state index contributed by atoms with van der Waals surface area (Å²) in [6, 6.07) is 14.0. The first-order valence-electron chi connectivity index (χ1n) is 10.5. The van der Waals surface area contributed by atoms with Gasteiger partial charge in [0, 0.05) is 24.3 Å². The Bertz CT molecular complexity index is 1330. The number of nitrogens with zero attached hydrogens (tertiary/aromatic N) is 1. The van der Waals surface area contributed by atoms with Crippen molar-refractivity contribution in [2.75, 3.05) is 17.3 Å². The third kappa shape index (κ3) is 5.16. The number of rotatable bonds is 5. The summed E-state index contributed by atoms with van der Waals surface area (Å²) in [5.74, 6) is -3.49. The molecule has 0 heterocycles. The van der Waals surface area contributed by atoms with E-state index in [4.69, 9.17) is 34.8 Å². The molecule has 188 valence electrons. The summed E-state index contributed by atoms with van der Waals surface area (Å²) >= 11 is 18.8. The van der Waals surface area contributed by atoms with Gasteiger partial charge in [-0.15, -0.1) is 23.2 Å². The molecule has 1 N–H and O–H groups in total. The molecule has 0 radical (unpaired) electrons. The lowest BCUT2D eigenvalue weighted by molar-refractivity contribution is -0.137. The van der Waals surface area contributed by atoms with E-state index in [1.165, 1.54) is 66.5 Å². The second-order valence-electron chi connectivity index (χ2n) is 8.28. The fourth-order valence-electron chi connectivity index (χ4n) is 3.93. The Morgan fingerprint density at radius 2 is 1.67 bits per heavy atom. The molecule has 2 amide bonds. The Hall–Kier alpha value is -2.81. The average Bonchev–Trinajstić information content (AvgIpc) is 3.41. The van der Waals surface area contributed by atoms with Gasteiger partial charge >= 0.3 is 6.18 Å². The molecule has 4 nitrogen and oxygen atoms in total. The summed E-state index contributed by atoms with van der Waals surface area (Å²) in [5.41, 5.74) is 0.000629. The first-order chi connectivity index (χ1) is 16.8. The molecule has 0 aliphatic heterocycles. The number of amides is 2. The summed E-state index contributed by atoms with van der Waals surface area (Å²) in [6.07, 6.45) is -4.56. The van der Waals surface area contributed by atoms with Crippen LogP contribution in [0.2, 0.25) is 5.02 Å². The Morgan fingerprint density at radius 1 is 1.00 bits per heavy atom. The van der Waals surface area contributed by atoms with Gasteiger partial charge in [-0.3, -0.25) is 9.59 Å². The molecule has 4 rings (SSSR count). The molecule has 3 aromatic carbocycles. The number of hydrogen-bond acceptors (Lipinski definition) is 2. The van der Waals surface area contributed by atoms with Crippen LogP contribution in [0.25, 0.3) is 0 Å². The summed E-state index contributed by atoms with van der Waals surface area (Å²) in [5, 5.41) is 2.72. The summed E-state index contributed by atoms with van der Waals surface area (Å²) < 4.78 is 50.9. The van der Waals surface area contributed by atoms with Gasteiger partial charge in [0.15, 0.2) is 0 Å². The molecule has 36 heavy (non-hydrogen) atoms. The highest BCUT2D eigenvalue weighted by molar-refractivity contribution is 6.53. The number of alkyl halides is 5. The quantitative estimate of drug-likeness (QED) is 0.263. The maximum atomic E-state index is 13.2. The first kappa shape index (κ1) is 26.3. The molecule has 2 unspecified atom stereocenters. The van der Waals surface area contributed by atoms with Crippen molar-refractivity contribution < 1.29 is 27.2 Å². The lowest BCUT2D eigenvalue weighted by Crippen LogP contribution is -2.26. The molecule has 1 aliphatic rings. The minimum absolute atomic E-state index is 0.0644. The van der Waals surface area contributed by atoms with Crippen molar-refractivity contribution in [1.82, 2.24) is 0 Å². The van der Waals surface area contributed by atoms with Crippen LogP contribution in [0.15, 0.2) is 66.7 Å². The predicted molar refractivity (Wildman–Crippen MR) is 131 cm³/mol. The molecule has 0 bridgehead atoms. The van der Waals surface area contributed by atoms with Crippen molar-refractivity contribution in [2.24, 2.45) is 5.92 Å². The topological polar surface area (TPSA) is 49.4 Å². The Labute approximate surface area is 218 Å². The van der Waals surface area contributed by atoms with Gasteiger partial charge in [0.1, 0.15) is 10.2 Å². The van der Waals surface area contributed by atoms with Crippen LogP contribution in [-0.4, -0.2) is 23.2 Å². The highest BCUT2D eigenvalue weighted by Crippen LogP contribution is 2.65. The molecular weight excluding hydrogens is 543 g/mol. The van der Waals surface area contributed by atoms with Crippen molar-refractivity contribution in [2.45, 2.75) is 16.4 Å². The van der Waals surface area contributed by atoms with Crippen LogP contribution in [-0.2, 0) is 11.0 Å². The van der Waals surface area contributed by atoms with E-state index in [0.717, 1.165) is 12.1 Å². The van der Waals surface area contributed by atoms with Crippen LogP contribution in [0, 0.1) is 11.7 Å². The van der Waals surface area contributed by atoms with E-state index in [9.17, 15) is 27.2 Å². The molecule has 2 atom stereocenters. The fraction of sp³-hybridized carbons (Fsp3) is 0.200. The van der Waals surface area contributed by atoms with Gasteiger partial charge in [-0.2, -0.15) is 13.2 Å². The van der Waals surface area contributed by atoms with Crippen LogP contribution >= 0.6 is 34.8 Å². The zero-order valence-electron chi connectivity index (χ0n) is 18.4. The highest BCUT2D eigenvalue weighted by Gasteiger charge is 2.67. The molecule has 1 fully saturated rings. The van der Waals surface area contributed by atoms with Crippen molar-refractivity contribution in [3.63, 3.8) is 0 Å². The minimum atomic E-state index is -4.56. The highest BCUT2D eigenvalue weighted by atomic mass is 35.5. The zero-order valence-corrected chi connectivity index (χ0v) is 20.7. The minimum Gasteiger partial charge on any atom is -0.326 e. The maximum Gasteiger partial charge on any atom is 0.416 e. The van der Waals surface area contributed by atoms with Gasteiger partial charge < -0.3 is 10.2 Å². The largest absolute Gasteiger partial charge is 0.416 e. The van der Waals surface area contributed by atoms with Crippen molar-refractivity contribution in [3.8, 4) is 0 Å². The Balaban J connectivity index is 1.53. The van der Waals surface area contributed by atoms with E-state index in [-0.39, 0.29) is 21.8 Å². The third-order valence-electron chi connectivity index (χ3n) is 5.89. The molecule has 0 saturated heterocycles. The Kier molecular flexibility index (Phi) is 6.98. The fourth-order valence-corrected chi connectivity index (χ4v) is 4.95. The lowest BCUT2D eigenvalue weighted by atomic mass is 10.1. The van der Waals surface area contributed by atoms with Crippen molar-refractivity contribution >= 4 is 58.0 Å². The summed E-state index contributed by atoms with van der Waals surface area (Å²) in [7, 11) is 1.48. The number of anilines is 2. The summed E-state index contributed by atoms with van der Waals surface area (Å²) in [6.45, 7) is 0. The second kappa shape index (κ2) is 9.57. The molecule has 3 aromatic rings. The molecule has 11 heteroatoms. The number of carbonyl (C=O) groups is 2. The van der Waals surface area contributed by atoms with Gasteiger partial charge in [0.25, 0.3) is 5.91 Å². The Morgan fingerprint density at radius 3 is 2.31 bits per heavy atom. The molecule has 1 saturated carbocycles. The normalized spacial score (nSPS) is 18.4. The molecule has 0 spiro atoms. The molecule has 1 aliphatic carbocycles. The predicted octanol–water partition coefficient (Wildman–Crippen LogP) is 7.30. The lowest BCUT2D eigenvalue weighted by Gasteiger charge is -2.18. The van der Waals surface area contributed by atoms with Gasteiger partial charge in [-0.05, 0) is 54.1 Å². The summed E-state index contributed by atoms with van der Waals surface area (Å²) in [4.78, 5) is 27.2. The van der Waals surface area contributed by atoms with Crippen LogP contribution in [0.4, 0.5) is 28.9 Å². The van der Waals surface area contributed by atoms with Crippen LogP contribution in [0.3, 0.4) is 0 Å². The average molecular weight is 560 g/mol. The number of hydrogen-bond donors (Lipinski definition) is 1. The zero-order chi connectivity index (χ0) is 26.4. The van der Waals surface area contributed by atoms with Gasteiger partial charge in [0.2, 0.25) is 5.91 Å². The van der Waals surface area contributed by atoms with Gasteiger partial charge in [-0.1, -0.05) is 29.8 Å². The van der Waals surface area contributed by atoms with E-state index < -0.39 is 45.5 Å². The van der Waals surface area contributed by atoms with E-state index in [1.54, 1.807) is 0 Å². The van der Waals surface area contributed by atoms with Gasteiger partial charge in [-0.25, -0.2) is 4.39 Å². The smallest absolute Gasteiger partial charge is 0.326 e. The standard InChI is InChI=1S/C25H17Cl3F4N2O2/c1-34(17-8-5-15(29)6-9-17)23(36)18-12-16(7-10-19(18)26)33-22(35)21-20(24(21,27)28)13-3-2-4-14(11-13)25(30,31)32/h2-12,20-21H,1H3,(H,33,35). The third-order valence-corrected chi connectivity index (χ3v) is 7.16. The molecule has 0 aromatic heterocycles.